The van der Waals surface area contributed by atoms with E-state index in [9.17, 15) is 9.59 Å². The number of esters is 1. The normalized spacial score (nSPS) is 11.4. The lowest BCUT2D eigenvalue weighted by Gasteiger charge is -2.19. The number of aromatic nitrogens is 1. The van der Waals surface area contributed by atoms with Gasteiger partial charge in [0.15, 0.2) is 0 Å². The van der Waals surface area contributed by atoms with Crippen LogP contribution in [0.1, 0.15) is 59.8 Å². The van der Waals surface area contributed by atoms with E-state index in [0.29, 0.717) is 17.5 Å². The Hall–Kier alpha value is -1.78. The van der Waals surface area contributed by atoms with Crippen LogP contribution in [0.4, 0.5) is 0 Å². The molecule has 0 spiro atoms. The van der Waals surface area contributed by atoms with Gasteiger partial charge in [0.1, 0.15) is 17.0 Å². The highest BCUT2D eigenvalue weighted by molar-refractivity contribution is 5.95. The van der Waals surface area contributed by atoms with E-state index in [4.69, 9.17) is 9.84 Å². The summed E-state index contributed by atoms with van der Waals surface area (Å²) in [6, 6.07) is 0. The Morgan fingerprint density at radius 2 is 1.83 bits per heavy atom. The molecular weight excluding hydrogens is 234 g/mol. The first-order chi connectivity index (χ1) is 8.17. The second-order valence-corrected chi connectivity index (χ2v) is 5.14. The Bertz CT molecular complexity index is 480. The maximum Gasteiger partial charge on any atom is 0.355 e. The fourth-order valence-corrected chi connectivity index (χ4v) is 1.79. The Balaban J connectivity index is 3.19. The molecule has 0 aliphatic heterocycles. The van der Waals surface area contributed by atoms with Gasteiger partial charge in [0.25, 0.3) is 0 Å². The minimum Gasteiger partial charge on any atom is -0.477 e. The zero-order valence-electron chi connectivity index (χ0n) is 11.4. The molecule has 100 valence electrons. The number of rotatable bonds is 3. The Morgan fingerprint density at radius 3 is 2.17 bits per heavy atom. The van der Waals surface area contributed by atoms with E-state index in [-0.39, 0.29) is 11.4 Å². The molecular formula is C13H19NO4. The quantitative estimate of drug-likeness (QED) is 0.811. The summed E-state index contributed by atoms with van der Waals surface area (Å²) < 4.78 is 5.23. The molecule has 0 atom stereocenters. The van der Waals surface area contributed by atoms with E-state index in [1.165, 1.54) is 0 Å². The highest BCUT2D eigenvalue weighted by Crippen LogP contribution is 2.21. The number of carbonyl (C=O) groups excluding carboxylic acids is 1. The summed E-state index contributed by atoms with van der Waals surface area (Å²) in [4.78, 5) is 25.7. The average Bonchev–Trinajstić information content (AvgIpc) is 2.52. The summed E-state index contributed by atoms with van der Waals surface area (Å²) in [6.45, 7) is 8.87. The van der Waals surface area contributed by atoms with Gasteiger partial charge in [0, 0.05) is 0 Å². The molecule has 5 nitrogen and oxygen atoms in total. The van der Waals surface area contributed by atoms with E-state index in [1.807, 2.05) is 6.92 Å². The summed E-state index contributed by atoms with van der Waals surface area (Å²) in [7, 11) is 0. The molecule has 0 unspecified atom stereocenters. The van der Waals surface area contributed by atoms with E-state index < -0.39 is 17.5 Å². The number of nitrogens with one attached hydrogen (secondary N) is 1. The molecule has 0 radical (unpaired) electrons. The van der Waals surface area contributed by atoms with Gasteiger partial charge in [-0.15, -0.1) is 0 Å². The van der Waals surface area contributed by atoms with Gasteiger partial charge in [-0.2, -0.15) is 0 Å². The van der Waals surface area contributed by atoms with Crippen molar-refractivity contribution in [1.82, 2.24) is 4.98 Å². The maximum absolute atomic E-state index is 11.9. The molecule has 1 aromatic heterocycles. The molecule has 0 saturated carbocycles. The molecule has 0 fully saturated rings. The van der Waals surface area contributed by atoms with E-state index in [2.05, 4.69) is 4.98 Å². The summed E-state index contributed by atoms with van der Waals surface area (Å²) in [5, 5.41) is 9.07. The maximum atomic E-state index is 11.9. The topological polar surface area (TPSA) is 79.4 Å². The first kappa shape index (κ1) is 14.3. The van der Waals surface area contributed by atoms with Crippen LogP contribution in [0.3, 0.4) is 0 Å². The Labute approximate surface area is 106 Å². The van der Waals surface area contributed by atoms with Crippen LogP contribution in [0.25, 0.3) is 0 Å². The molecule has 0 amide bonds. The third-order valence-corrected chi connectivity index (χ3v) is 2.55. The molecule has 0 aliphatic rings. The number of hydrogen-bond donors (Lipinski definition) is 2. The number of aromatic amines is 1. The van der Waals surface area contributed by atoms with Crippen LogP contribution in [0.15, 0.2) is 0 Å². The van der Waals surface area contributed by atoms with Crippen molar-refractivity contribution < 1.29 is 19.4 Å². The van der Waals surface area contributed by atoms with Gasteiger partial charge in [-0.3, -0.25) is 0 Å². The molecule has 2 N–H and O–H groups in total. The van der Waals surface area contributed by atoms with Crippen molar-refractivity contribution in [3.05, 3.63) is 22.5 Å². The third-order valence-electron chi connectivity index (χ3n) is 2.55. The van der Waals surface area contributed by atoms with Crippen molar-refractivity contribution in [2.45, 2.75) is 46.6 Å². The number of carboxylic acids is 1. The number of hydrogen-bond acceptors (Lipinski definition) is 3. The Morgan fingerprint density at radius 1 is 1.28 bits per heavy atom. The van der Waals surface area contributed by atoms with Gasteiger partial charge in [-0.05, 0) is 45.2 Å². The average molecular weight is 253 g/mol. The number of H-pyrrole nitrogens is 1. The lowest BCUT2D eigenvalue weighted by Crippen LogP contribution is -2.24. The van der Waals surface area contributed by atoms with Crippen molar-refractivity contribution in [2.24, 2.45) is 0 Å². The molecule has 1 heterocycles. The van der Waals surface area contributed by atoms with Crippen LogP contribution in [-0.2, 0) is 11.2 Å². The van der Waals surface area contributed by atoms with Gasteiger partial charge in [-0.1, -0.05) is 6.92 Å². The minimum atomic E-state index is -1.07. The second-order valence-electron chi connectivity index (χ2n) is 5.14. The van der Waals surface area contributed by atoms with E-state index in [0.717, 1.165) is 0 Å². The van der Waals surface area contributed by atoms with Crippen molar-refractivity contribution >= 4 is 11.9 Å². The van der Waals surface area contributed by atoms with Gasteiger partial charge >= 0.3 is 11.9 Å². The molecule has 1 rings (SSSR count). The third kappa shape index (κ3) is 2.91. The zero-order chi connectivity index (χ0) is 14.1. The predicted molar refractivity (Wildman–Crippen MR) is 67.0 cm³/mol. The van der Waals surface area contributed by atoms with Crippen molar-refractivity contribution in [3.8, 4) is 0 Å². The number of carboxylic acid groups (broad SMARTS) is 1. The summed E-state index contributed by atoms with van der Waals surface area (Å²) in [5.74, 6) is -1.59. The van der Waals surface area contributed by atoms with Crippen molar-refractivity contribution in [2.75, 3.05) is 0 Å². The lowest BCUT2D eigenvalue weighted by atomic mass is 10.1. The molecule has 0 bridgehead atoms. The van der Waals surface area contributed by atoms with Crippen LogP contribution in [-0.4, -0.2) is 27.6 Å². The molecule has 18 heavy (non-hydrogen) atoms. The molecule has 0 aromatic carbocycles. The minimum absolute atomic E-state index is 0.0656. The summed E-state index contributed by atoms with van der Waals surface area (Å²) in [6.07, 6.45) is 0.548. The SMILES string of the molecule is CCc1c(C(=O)O)[nH]c(C(=O)OC(C)(C)C)c1C. The van der Waals surface area contributed by atoms with Crippen LogP contribution >= 0.6 is 0 Å². The monoisotopic (exact) mass is 253 g/mol. The highest BCUT2D eigenvalue weighted by atomic mass is 16.6. The number of ether oxygens (including phenoxy) is 1. The lowest BCUT2D eigenvalue weighted by molar-refractivity contribution is 0.00627. The molecule has 0 saturated heterocycles. The van der Waals surface area contributed by atoms with Crippen LogP contribution in [0.5, 0.6) is 0 Å². The van der Waals surface area contributed by atoms with Crippen LogP contribution in [0.2, 0.25) is 0 Å². The zero-order valence-corrected chi connectivity index (χ0v) is 11.4. The second kappa shape index (κ2) is 4.84. The van der Waals surface area contributed by atoms with Gasteiger partial charge in [0.05, 0.1) is 0 Å². The van der Waals surface area contributed by atoms with Gasteiger partial charge < -0.3 is 14.8 Å². The van der Waals surface area contributed by atoms with Crippen LogP contribution in [0, 0.1) is 6.92 Å². The van der Waals surface area contributed by atoms with E-state index >= 15 is 0 Å². The largest absolute Gasteiger partial charge is 0.477 e. The van der Waals surface area contributed by atoms with Gasteiger partial charge in [0.2, 0.25) is 0 Å². The number of carbonyl (C=O) groups is 2. The molecule has 1 aromatic rings. The highest BCUT2D eigenvalue weighted by Gasteiger charge is 2.25. The fraction of sp³-hybridized carbons (Fsp3) is 0.538. The van der Waals surface area contributed by atoms with Gasteiger partial charge in [-0.25, -0.2) is 9.59 Å². The molecule has 0 aliphatic carbocycles. The summed E-state index contributed by atoms with van der Waals surface area (Å²) in [5.41, 5.74) is 0.965. The van der Waals surface area contributed by atoms with Crippen molar-refractivity contribution in [1.29, 1.82) is 0 Å². The van der Waals surface area contributed by atoms with Crippen molar-refractivity contribution in [3.63, 3.8) is 0 Å². The first-order valence-electron chi connectivity index (χ1n) is 5.85. The predicted octanol–water partition coefficient (Wildman–Crippen LogP) is 2.54. The Kier molecular flexibility index (Phi) is 3.84. The number of aromatic carboxylic acids is 1. The molecule has 5 heteroatoms. The standard InChI is InChI=1S/C13H19NO4/c1-6-8-7(2)9(14-10(8)11(15)16)12(17)18-13(3,4)5/h14H,6H2,1-5H3,(H,15,16). The smallest absolute Gasteiger partial charge is 0.355 e. The summed E-state index contributed by atoms with van der Waals surface area (Å²) >= 11 is 0. The van der Waals surface area contributed by atoms with E-state index in [1.54, 1.807) is 27.7 Å². The van der Waals surface area contributed by atoms with Crippen LogP contribution < -0.4 is 0 Å². The first-order valence-corrected chi connectivity index (χ1v) is 5.85. The fourth-order valence-electron chi connectivity index (χ4n) is 1.79.